The molecule has 16 heavy (non-hydrogen) atoms. The average Bonchev–Trinajstić information content (AvgIpc) is 2.34. The zero-order valence-electron chi connectivity index (χ0n) is 10.7. The number of hydrogen-bond donors (Lipinski definition) is 0. The molecule has 0 aromatic rings. The van der Waals surface area contributed by atoms with Crippen LogP contribution in [0.15, 0.2) is 13.2 Å². The fourth-order valence-corrected chi connectivity index (χ4v) is 0.846. The van der Waals surface area contributed by atoms with Gasteiger partial charge < -0.3 is 18.9 Å². The molecule has 98 valence electrons. The van der Waals surface area contributed by atoms with Crippen LogP contribution >= 0.6 is 0 Å². The first-order chi connectivity index (χ1) is 7.91. The van der Waals surface area contributed by atoms with Crippen molar-refractivity contribution in [3.63, 3.8) is 0 Å². The van der Waals surface area contributed by atoms with Crippen LogP contribution in [0.4, 0.5) is 0 Å². The Bertz CT molecular complexity index is 97.2. The van der Waals surface area contributed by atoms with Crippen LogP contribution in [0.1, 0.15) is 13.8 Å². The van der Waals surface area contributed by atoms with Crippen LogP contribution < -0.4 is 0 Å². The molecule has 4 heteroatoms. The molecule has 0 heterocycles. The van der Waals surface area contributed by atoms with Gasteiger partial charge in [-0.05, 0) is 13.8 Å². The third-order valence-electron chi connectivity index (χ3n) is 1.52. The molecule has 0 aliphatic carbocycles. The van der Waals surface area contributed by atoms with Gasteiger partial charge in [0, 0.05) is 13.2 Å². The summed E-state index contributed by atoms with van der Waals surface area (Å²) in [4.78, 5) is 0. The molecule has 0 saturated carbocycles. The standard InChI is InChI=1S/C10H22O4.C2H4/c1-3-11-5-7-13-9-10-14-8-6-12-4-2;1-2/h3-10H2,1-2H3;1-2H2. The maximum atomic E-state index is 5.25. The van der Waals surface area contributed by atoms with Crippen molar-refractivity contribution in [2.24, 2.45) is 0 Å². The van der Waals surface area contributed by atoms with Crippen molar-refractivity contribution in [3.8, 4) is 0 Å². The third-order valence-corrected chi connectivity index (χ3v) is 1.52. The highest BCUT2D eigenvalue weighted by atomic mass is 16.6. The van der Waals surface area contributed by atoms with Gasteiger partial charge in [-0.3, -0.25) is 0 Å². The molecule has 0 aromatic heterocycles. The second-order valence-electron chi connectivity index (χ2n) is 2.62. The van der Waals surface area contributed by atoms with Crippen LogP contribution in [0.3, 0.4) is 0 Å². The van der Waals surface area contributed by atoms with Gasteiger partial charge in [0.05, 0.1) is 39.6 Å². The molecule has 0 fully saturated rings. The van der Waals surface area contributed by atoms with Gasteiger partial charge in [0.2, 0.25) is 0 Å². The second kappa shape index (κ2) is 20.1. The van der Waals surface area contributed by atoms with E-state index >= 15 is 0 Å². The largest absolute Gasteiger partial charge is 0.379 e. The van der Waals surface area contributed by atoms with Crippen LogP contribution in [-0.2, 0) is 18.9 Å². The molecule has 4 nitrogen and oxygen atoms in total. The molecular formula is C12H26O4. The van der Waals surface area contributed by atoms with Crippen LogP contribution in [-0.4, -0.2) is 52.9 Å². The second-order valence-corrected chi connectivity index (χ2v) is 2.62. The number of hydrogen-bond acceptors (Lipinski definition) is 4. The van der Waals surface area contributed by atoms with Crippen molar-refractivity contribution in [3.05, 3.63) is 13.2 Å². The van der Waals surface area contributed by atoms with E-state index in [1.54, 1.807) is 0 Å². The van der Waals surface area contributed by atoms with Gasteiger partial charge in [0.25, 0.3) is 0 Å². The highest BCUT2D eigenvalue weighted by molar-refractivity contribution is 4.33. The molecular weight excluding hydrogens is 208 g/mol. The van der Waals surface area contributed by atoms with E-state index in [0.717, 1.165) is 13.2 Å². The van der Waals surface area contributed by atoms with E-state index in [1.807, 2.05) is 13.8 Å². The fraction of sp³-hybridized carbons (Fsp3) is 0.833. The number of ether oxygens (including phenoxy) is 4. The Morgan fingerprint density at radius 1 is 0.562 bits per heavy atom. The SMILES string of the molecule is C=C.CCOCCOCCOCCOCC. The summed E-state index contributed by atoms with van der Waals surface area (Å²) in [5.41, 5.74) is 0. The Morgan fingerprint density at radius 2 is 0.812 bits per heavy atom. The predicted octanol–water partition coefficient (Wildman–Crippen LogP) is 1.89. The first-order valence-electron chi connectivity index (χ1n) is 5.72. The molecule has 0 bridgehead atoms. The minimum atomic E-state index is 0.624. The summed E-state index contributed by atoms with van der Waals surface area (Å²) in [7, 11) is 0. The molecule has 0 N–H and O–H groups in total. The normalized spacial score (nSPS) is 9.62. The molecule has 0 aliphatic rings. The van der Waals surface area contributed by atoms with E-state index in [2.05, 4.69) is 13.2 Å². The number of rotatable bonds is 11. The Hall–Kier alpha value is -0.420. The monoisotopic (exact) mass is 234 g/mol. The molecule has 0 aliphatic heterocycles. The lowest BCUT2D eigenvalue weighted by atomic mass is 10.7. The van der Waals surface area contributed by atoms with Crippen molar-refractivity contribution in [1.82, 2.24) is 0 Å². The zero-order chi connectivity index (χ0) is 12.5. The van der Waals surface area contributed by atoms with Crippen LogP contribution in [0.5, 0.6) is 0 Å². The molecule has 0 spiro atoms. The summed E-state index contributed by atoms with van der Waals surface area (Å²) in [6.07, 6.45) is 0. The smallest absolute Gasteiger partial charge is 0.0701 e. The van der Waals surface area contributed by atoms with Gasteiger partial charge in [0.1, 0.15) is 0 Å². The minimum Gasteiger partial charge on any atom is -0.379 e. The molecule has 0 rings (SSSR count). The summed E-state index contributed by atoms with van der Waals surface area (Å²) in [6.45, 7) is 15.3. The van der Waals surface area contributed by atoms with Gasteiger partial charge in [-0.15, -0.1) is 13.2 Å². The summed E-state index contributed by atoms with van der Waals surface area (Å²) in [5.74, 6) is 0. The molecule has 0 saturated heterocycles. The van der Waals surface area contributed by atoms with Gasteiger partial charge in [-0.1, -0.05) is 0 Å². The first kappa shape index (κ1) is 18.0. The van der Waals surface area contributed by atoms with Crippen molar-refractivity contribution >= 4 is 0 Å². The van der Waals surface area contributed by atoms with E-state index in [1.165, 1.54) is 0 Å². The topological polar surface area (TPSA) is 36.9 Å². The summed E-state index contributed by atoms with van der Waals surface area (Å²) < 4.78 is 20.7. The maximum absolute atomic E-state index is 5.25. The third kappa shape index (κ3) is 19.2. The highest BCUT2D eigenvalue weighted by Crippen LogP contribution is 1.81. The van der Waals surface area contributed by atoms with Crippen molar-refractivity contribution in [2.75, 3.05) is 52.9 Å². The van der Waals surface area contributed by atoms with E-state index in [0.29, 0.717) is 39.6 Å². The Labute approximate surface area is 99.5 Å². The van der Waals surface area contributed by atoms with Gasteiger partial charge in [0.15, 0.2) is 0 Å². The predicted molar refractivity (Wildman–Crippen MR) is 65.9 cm³/mol. The lowest BCUT2D eigenvalue weighted by molar-refractivity contribution is 0.000930. The van der Waals surface area contributed by atoms with Crippen LogP contribution in [0, 0.1) is 0 Å². The van der Waals surface area contributed by atoms with Gasteiger partial charge >= 0.3 is 0 Å². The van der Waals surface area contributed by atoms with Gasteiger partial charge in [-0.2, -0.15) is 0 Å². The van der Waals surface area contributed by atoms with Crippen molar-refractivity contribution < 1.29 is 18.9 Å². The fourth-order valence-electron chi connectivity index (χ4n) is 0.846. The molecule has 0 unspecified atom stereocenters. The lowest BCUT2D eigenvalue weighted by Gasteiger charge is -2.05. The quantitative estimate of drug-likeness (QED) is 0.404. The van der Waals surface area contributed by atoms with Crippen molar-refractivity contribution in [2.45, 2.75) is 13.8 Å². The first-order valence-corrected chi connectivity index (χ1v) is 5.72. The lowest BCUT2D eigenvalue weighted by Crippen LogP contribution is -2.11. The minimum absolute atomic E-state index is 0.624. The molecule has 0 aromatic carbocycles. The highest BCUT2D eigenvalue weighted by Gasteiger charge is 1.90. The van der Waals surface area contributed by atoms with Crippen LogP contribution in [0.25, 0.3) is 0 Å². The summed E-state index contributed by atoms with van der Waals surface area (Å²) in [5, 5.41) is 0. The molecule has 0 radical (unpaired) electrons. The van der Waals surface area contributed by atoms with Gasteiger partial charge in [-0.25, -0.2) is 0 Å². The van der Waals surface area contributed by atoms with E-state index < -0.39 is 0 Å². The van der Waals surface area contributed by atoms with E-state index in [-0.39, 0.29) is 0 Å². The average molecular weight is 234 g/mol. The summed E-state index contributed by atoms with van der Waals surface area (Å²) >= 11 is 0. The summed E-state index contributed by atoms with van der Waals surface area (Å²) in [6, 6.07) is 0. The Morgan fingerprint density at radius 3 is 1.06 bits per heavy atom. The van der Waals surface area contributed by atoms with Crippen LogP contribution in [0.2, 0.25) is 0 Å². The Balaban J connectivity index is 0. The molecule has 0 atom stereocenters. The molecule has 0 amide bonds. The van der Waals surface area contributed by atoms with E-state index in [4.69, 9.17) is 18.9 Å². The van der Waals surface area contributed by atoms with E-state index in [9.17, 15) is 0 Å². The zero-order valence-corrected chi connectivity index (χ0v) is 10.7. The Kier molecular flexibility index (Phi) is 22.5. The van der Waals surface area contributed by atoms with Crippen molar-refractivity contribution in [1.29, 1.82) is 0 Å². The maximum Gasteiger partial charge on any atom is 0.0701 e.